The van der Waals surface area contributed by atoms with E-state index in [9.17, 15) is 14.7 Å². The molecule has 2 saturated heterocycles. The van der Waals surface area contributed by atoms with Gasteiger partial charge in [-0.25, -0.2) is 0 Å². The Hall–Kier alpha value is -1.10. The zero-order chi connectivity index (χ0) is 16.7. The van der Waals surface area contributed by atoms with Crippen molar-refractivity contribution < 1.29 is 24.2 Å². The third-order valence-corrected chi connectivity index (χ3v) is 5.05. The van der Waals surface area contributed by atoms with Crippen molar-refractivity contribution in [2.24, 2.45) is 11.8 Å². The molecule has 0 aromatic rings. The second kappa shape index (κ2) is 9.26. The van der Waals surface area contributed by atoms with Crippen molar-refractivity contribution in [1.29, 1.82) is 0 Å². The highest BCUT2D eigenvalue weighted by Gasteiger charge is 2.57. The van der Waals surface area contributed by atoms with E-state index in [-0.39, 0.29) is 24.5 Å². The highest BCUT2D eigenvalue weighted by atomic mass is 16.6. The molecule has 0 spiro atoms. The van der Waals surface area contributed by atoms with Crippen LogP contribution >= 0.6 is 0 Å². The summed E-state index contributed by atoms with van der Waals surface area (Å²) in [6, 6.07) is 0. The van der Waals surface area contributed by atoms with Gasteiger partial charge in [0, 0.05) is 0 Å². The lowest BCUT2D eigenvalue weighted by Gasteiger charge is -2.11. The minimum absolute atomic E-state index is 0.287. The summed E-state index contributed by atoms with van der Waals surface area (Å²) < 4.78 is 10.3. The van der Waals surface area contributed by atoms with E-state index in [0.29, 0.717) is 6.42 Å². The van der Waals surface area contributed by atoms with Crippen LogP contribution in [0.5, 0.6) is 0 Å². The first kappa shape index (κ1) is 18.2. The van der Waals surface area contributed by atoms with Crippen molar-refractivity contribution in [2.45, 2.75) is 83.3 Å². The zero-order valence-electron chi connectivity index (χ0n) is 14.2. The highest BCUT2D eigenvalue weighted by molar-refractivity contribution is 5.87. The number of cyclic esters (lactones) is 1. The molecule has 0 amide bonds. The molecule has 2 rings (SSSR count). The second-order valence-corrected chi connectivity index (χ2v) is 6.81. The van der Waals surface area contributed by atoms with Crippen LogP contribution in [0.3, 0.4) is 0 Å². The quantitative estimate of drug-likeness (QED) is 0.467. The van der Waals surface area contributed by atoms with Gasteiger partial charge in [0.25, 0.3) is 0 Å². The van der Waals surface area contributed by atoms with Crippen molar-refractivity contribution in [3.8, 4) is 0 Å². The van der Waals surface area contributed by atoms with Gasteiger partial charge in [-0.05, 0) is 6.42 Å². The van der Waals surface area contributed by atoms with E-state index in [4.69, 9.17) is 9.47 Å². The molecule has 0 unspecified atom stereocenters. The van der Waals surface area contributed by atoms with Crippen molar-refractivity contribution in [3.05, 3.63) is 0 Å². The van der Waals surface area contributed by atoms with Gasteiger partial charge in [-0.2, -0.15) is 0 Å². The van der Waals surface area contributed by atoms with Gasteiger partial charge in [-0.15, -0.1) is 0 Å². The van der Waals surface area contributed by atoms with Crippen LogP contribution in [0.2, 0.25) is 0 Å². The molecule has 0 radical (unpaired) electrons. The van der Waals surface area contributed by atoms with Crippen molar-refractivity contribution in [2.75, 3.05) is 6.61 Å². The lowest BCUT2D eigenvalue weighted by Crippen LogP contribution is -2.28. The smallest absolute Gasteiger partial charge is 0.314 e. The van der Waals surface area contributed by atoms with E-state index in [0.717, 1.165) is 12.8 Å². The molecule has 5 nitrogen and oxygen atoms in total. The summed E-state index contributed by atoms with van der Waals surface area (Å²) in [7, 11) is 0. The Morgan fingerprint density at radius 2 is 1.48 bits per heavy atom. The molecular weight excluding hydrogens is 296 g/mol. The van der Waals surface area contributed by atoms with E-state index in [2.05, 4.69) is 6.92 Å². The van der Waals surface area contributed by atoms with Gasteiger partial charge in [-0.1, -0.05) is 64.7 Å². The summed E-state index contributed by atoms with van der Waals surface area (Å²) in [5.74, 6) is -1.57. The van der Waals surface area contributed by atoms with Crippen LogP contribution < -0.4 is 0 Å². The number of hydrogen-bond donors (Lipinski definition) is 1. The first-order valence-electron chi connectivity index (χ1n) is 9.21. The summed E-state index contributed by atoms with van der Waals surface area (Å²) in [5.41, 5.74) is 0. The Bertz CT molecular complexity index is 395. The van der Waals surface area contributed by atoms with Crippen LogP contribution in [0, 0.1) is 11.8 Å². The SMILES string of the molecule is CCCCCCCCCCC[C@@H]1C(=O)O[C@H]2[C@@H]1C(=O)O[C@@H]2CO. The van der Waals surface area contributed by atoms with Crippen LogP contribution in [0.25, 0.3) is 0 Å². The molecule has 132 valence electrons. The van der Waals surface area contributed by atoms with Crippen LogP contribution in [-0.2, 0) is 19.1 Å². The lowest BCUT2D eigenvalue weighted by molar-refractivity contribution is -0.157. The molecule has 2 fully saturated rings. The van der Waals surface area contributed by atoms with Crippen molar-refractivity contribution in [3.63, 3.8) is 0 Å². The van der Waals surface area contributed by atoms with Gasteiger partial charge in [-0.3, -0.25) is 9.59 Å². The number of fused-ring (bicyclic) bond motifs is 1. The van der Waals surface area contributed by atoms with Gasteiger partial charge in [0.1, 0.15) is 5.92 Å². The van der Waals surface area contributed by atoms with Crippen LogP contribution in [0.4, 0.5) is 0 Å². The van der Waals surface area contributed by atoms with Crippen LogP contribution in [-0.4, -0.2) is 35.9 Å². The number of carbonyl (C=O) groups excluding carboxylic acids is 2. The molecule has 0 aromatic heterocycles. The predicted octanol–water partition coefficient (Wildman–Crippen LogP) is 2.98. The number of ether oxygens (including phenoxy) is 2. The van der Waals surface area contributed by atoms with Gasteiger partial charge in [0.05, 0.1) is 12.5 Å². The number of carbonyl (C=O) groups is 2. The third-order valence-electron chi connectivity index (χ3n) is 5.05. The molecule has 4 atom stereocenters. The summed E-state index contributed by atoms with van der Waals surface area (Å²) in [6.07, 6.45) is 10.4. The fourth-order valence-electron chi connectivity index (χ4n) is 3.68. The molecule has 0 aliphatic carbocycles. The van der Waals surface area contributed by atoms with E-state index in [1.807, 2.05) is 0 Å². The Kier molecular flexibility index (Phi) is 7.34. The van der Waals surface area contributed by atoms with Crippen molar-refractivity contribution in [1.82, 2.24) is 0 Å². The fraction of sp³-hybridized carbons (Fsp3) is 0.889. The maximum Gasteiger partial charge on any atom is 0.314 e. The fourth-order valence-corrected chi connectivity index (χ4v) is 3.68. The zero-order valence-corrected chi connectivity index (χ0v) is 14.2. The average molecular weight is 326 g/mol. The highest BCUT2D eigenvalue weighted by Crippen LogP contribution is 2.40. The molecule has 2 heterocycles. The second-order valence-electron chi connectivity index (χ2n) is 6.81. The van der Waals surface area contributed by atoms with Gasteiger partial charge in [0.2, 0.25) is 0 Å². The molecule has 0 aromatic carbocycles. The maximum atomic E-state index is 11.9. The van der Waals surface area contributed by atoms with Crippen LogP contribution in [0.15, 0.2) is 0 Å². The van der Waals surface area contributed by atoms with E-state index in [1.54, 1.807) is 0 Å². The Morgan fingerprint density at radius 1 is 0.870 bits per heavy atom. The Balaban J connectivity index is 1.62. The largest absolute Gasteiger partial charge is 0.457 e. The van der Waals surface area contributed by atoms with E-state index in [1.165, 1.54) is 44.9 Å². The first-order valence-corrected chi connectivity index (χ1v) is 9.21. The minimum Gasteiger partial charge on any atom is -0.457 e. The molecule has 2 aliphatic heterocycles. The standard InChI is InChI=1S/C18H30O5/c1-2-3-4-5-6-7-8-9-10-11-13-15-16(23-17(13)20)14(12-19)22-18(15)21/h13-16,19H,2-12H2,1H3/t13-,14+,15+,16+/m0/s1. The predicted molar refractivity (Wildman–Crippen MR) is 85.7 cm³/mol. The first-order chi connectivity index (χ1) is 11.2. The van der Waals surface area contributed by atoms with Gasteiger partial charge in [0.15, 0.2) is 12.2 Å². The monoisotopic (exact) mass is 326 g/mol. The lowest BCUT2D eigenvalue weighted by atomic mass is 9.86. The summed E-state index contributed by atoms with van der Waals surface area (Å²) in [6.45, 7) is 1.94. The average Bonchev–Trinajstić information content (AvgIpc) is 3.02. The van der Waals surface area contributed by atoms with E-state index >= 15 is 0 Å². The normalized spacial score (nSPS) is 29.5. The third kappa shape index (κ3) is 4.69. The maximum absolute atomic E-state index is 11.9. The Labute approximate surface area is 138 Å². The summed E-state index contributed by atoms with van der Waals surface area (Å²) in [4.78, 5) is 23.8. The summed E-state index contributed by atoms with van der Waals surface area (Å²) >= 11 is 0. The number of hydrogen-bond acceptors (Lipinski definition) is 5. The number of aliphatic hydroxyl groups is 1. The van der Waals surface area contributed by atoms with Crippen molar-refractivity contribution >= 4 is 11.9 Å². The summed E-state index contributed by atoms with van der Waals surface area (Å²) in [5, 5.41) is 9.19. The molecule has 2 aliphatic rings. The topological polar surface area (TPSA) is 72.8 Å². The Morgan fingerprint density at radius 3 is 2.09 bits per heavy atom. The number of aliphatic hydroxyl groups excluding tert-OH is 1. The molecule has 5 heteroatoms. The molecule has 0 saturated carbocycles. The van der Waals surface area contributed by atoms with Gasteiger partial charge >= 0.3 is 11.9 Å². The number of rotatable bonds is 11. The molecule has 23 heavy (non-hydrogen) atoms. The molecule has 1 N–H and O–H groups in total. The molecular formula is C18H30O5. The molecule has 0 bridgehead atoms. The number of unbranched alkanes of at least 4 members (excludes halogenated alkanes) is 8. The van der Waals surface area contributed by atoms with Gasteiger partial charge < -0.3 is 14.6 Å². The number of esters is 2. The van der Waals surface area contributed by atoms with E-state index < -0.39 is 18.1 Å². The van der Waals surface area contributed by atoms with Crippen LogP contribution in [0.1, 0.15) is 71.1 Å². The minimum atomic E-state index is -0.676.